The number of hydrogen-bond donors (Lipinski definition) is 0. The third kappa shape index (κ3) is 6.73. The highest BCUT2D eigenvalue weighted by molar-refractivity contribution is 6.19. The molecule has 0 atom stereocenters. The van der Waals surface area contributed by atoms with E-state index in [4.69, 9.17) is 0 Å². The van der Waals surface area contributed by atoms with Crippen molar-refractivity contribution < 1.29 is 0 Å². The molecule has 0 saturated heterocycles. The quantitative estimate of drug-likeness (QED) is 0.148. The van der Waals surface area contributed by atoms with Crippen molar-refractivity contribution in [3.05, 3.63) is 267 Å². The van der Waals surface area contributed by atoms with Gasteiger partial charge in [0, 0.05) is 38.8 Å². The molecule has 13 rings (SSSR count). The van der Waals surface area contributed by atoms with Gasteiger partial charge >= 0.3 is 0 Å². The molecule has 12 aromatic carbocycles. The van der Waals surface area contributed by atoms with Crippen molar-refractivity contribution in [2.75, 3.05) is 4.90 Å². The minimum absolute atomic E-state index is 1.08. The van der Waals surface area contributed by atoms with Crippen LogP contribution in [-0.2, 0) is 0 Å². The van der Waals surface area contributed by atoms with Crippen molar-refractivity contribution in [2.45, 2.75) is 0 Å². The van der Waals surface area contributed by atoms with Crippen molar-refractivity contribution in [3.63, 3.8) is 0 Å². The molecule has 0 spiro atoms. The van der Waals surface area contributed by atoms with E-state index in [0.29, 0.717) is 0 Å². The molecule has 0 radical (unpaired) electrons. The summed E-state index contributed by atoms with van der Waals surface area (Å²) >= 11 is 0. The van der Waals surface area contributed by atoms with Crippen LogP contribution in [0.2, 0.25) is 0 Å². The first kappa shape index (κ1) is 39.4. The molecular weight excluding hydrogens is 821 g/mol. The van der Waals surface area contributed by atoms with Crippen LogP contribution < -0.4 is 4.90 Å². The number of para-hydroxylation sites is 2. The highest BCUT2D eigenvalue weighted by Crippen LogP contribution is 2.43. The summed E-state index contributed by atoms with van der Waals surface area (Å²) in [5.41, 5.74) is 16.3. The number of anilines is 3. The van der Waals surface area contributed by atoms with Crippen molar-refractivity contribution in [1.29, 1.82) is 0 Å². The van der Waals surface area contributed by atoms with Gasteiger partial charge in [0.05, 0.1) is 16.7 Å². The van der Waals surface area contributed by atoms with Crippen LogP contribution in [0.25, 0.3) is 104 Å². The summed E-state index contributed by atoms with van der Waals surface area (Å²) in [7, 11) is 0. The predicted molar refractivity (Wildman–Crippen MR) is 290 cm³/mol. The fraction of sp³-hybridized carbons (Fsp3) is 0. The summed E-state index contributed by atoms with van der Waals surface area (Å²) in [5.74, 6) is 0. The van der Waals surface area contributed by atoms with E-state index in [2.05, 4.69) is 276 Å². The fourth-order valence-electron chi connectivity index (χ4n) is 10.6. The number of nitrogens with zero attached hydrogens (tertiary/aromatic N) is 2. The Kier molecular flexibility index (Phi) is 9.54. The zero-order valence-corrected chi connectivity index (χ0v) is 37.3. The molecular formula is C66H44N2. The van der Waals surface area contributed by atoms with E-state index in [1.165, 1.54) is 87.5 Å². The van der Waals surface area contributed by atoms with Crippen molar-refractivity contribution >= 4 is 71.2 Å². The second kappa shape index (κ2) is 16.5. The highest BCUT2D eigenvalue weighted by atomic mass is 15.1. The maximum absolute atomic E-state index is 2.47. The average molecular weight is 865 g/mol. The maximum Gasteiger partial charge on any atom is 0.0619 e. The molecule has 0 fully saturated rings. The molecule has 318 valence electrons. The molecule has 0 aliphatic heterocycles. The van der Waals surface area contributed by atoms with E-state index in [1.807, 2.05) is 0 Å². The Bertz CT molecular complexity index is 4010. The number of rotatable bonds is 8. The minimum atomic E-state index is 1.08. The zero-order chi connectivity index (χ0) is 45.0. The van der Waals surface area contributed by atoms with Crippen LogP contribution in [0.1, 0.15) is 0 Å². The Balaban J connectivity index is 0.957. The van der Waals surface area contributed by atoms with E-state index in [9.17, 15) is 0 Å². The first-order valence-electron chi connectivity index (χ1n) is 23.4. The standard InChI is InChI=1S/C66H44N2/c1-2-16-45(17-3-1)52-42-50-20-6-8-25-58(50)63(44-52)51-22-14-23-55(43-51)67(53-37-32-48(33-38-53)57-29-15-21-46-18-4-7-24-56(46)57)54-39-34-49(35-40-54)59-26-10-12-30-64(59)68-65-31-13-11-28-61(65)62-41-36-47-19-5-9-27-60(47)66(62)68/h1-44H. The molecule has 0 aliphatic rings. The molecule has 0 unspecified atom stereocenters. The second-order valence-corrected chi connectivity index (χ2v) is 17.7. The van der Waals surface area contributed by atoms with Crippen molar-refractivity contribution in [2.24, 2.45) is 0 Å². The van der Waals surface area contributed by atoms with Gasteiger partial charge in [0.15, 0.2) is 0 Å². The maximum atomic E-state index is 2.47. The Hall–Kier alpha value is -8.98. The van der Waals surface area contributed by atoms with Gasteiger partial charge in [0.2, 0.25) is 0 Å². The normalized spacial score (nSPS) is 11.5. The molecule has 0 aliphatic carbocycles. The first-order chi connectivity index (χ1) is 33.7. The van der Waals surface area contributed by atoms with Crippen LogP contribution in [0.3, 0.4) is 0 Å². The fourth-order valence-corrected chi connectivity index (χ4v) is 10.6. The van der Waals surface area contributed by atoms with Gasteiger partial charge < -0.3 is 9.47 Å². The Morgan fingerprint density at radius 2 is 0.794 bits per heavy atom. The largest absolute Gasteiger partial charge is 0.310 e. The molecule has 13 aromatic rings. The van der Waals surface area contributed by atoms with Crippen LogP contribution in [-0.4, -0.2) is 4.57 Å². The van der Waals surface area contributed by atoms with Gasteiger partial charge in [-0.2, -0.15) is 0 Å². The SMILES string of the molecule is c1ccc(-c2cc(-c3cccc(N(c4ccc(-c5ccccc5-n5c6ccccc6c6ccc7ccccc7c65)cc4)c4ccc(-c5cccc6ccccc56)cc4)c3)c3ccccc3c2)cc1. The lowest BCUT2D eigenvalue weighted by Gasteiger charge is -2.27. The Morgan fingerprint density at radius 1 is 0.250 bits per heavy atom. The van der Waals surface area contributed by atoms with E-state index < -0.39 is 0 Å². The number of fused-ring (bicyclic) bond motifs is 7. The summed E-state index contributed by atoms with van der Waals surface area (Å²) < 4.78 is 2.47. The highest BCUT2D eigenvalue weighted by Gasteiger charge is 2.20. The summed E-state index contributed by atoms with van der Waals surface area (Å²) in [4.78, 5) is 2.40. The van der Waals surface area contributed by atoms with E-state index >= 15 is 0 Å². The molecule has 0 saturated carbocycles. The van der Waals surface area contributed by atoms with Crippen molar-refractivity contribution in [3.8, 4) is 50.2 Å². The second-order valence-electron chi connectivity index (χ2n) is 17.7. The predicted octanol–water partition coefficient (Wildman–Crippen LogP) is 18.4. The molecule has 0 N–H and O–H groups in total. The lowest BCUT2D eigenvalue weighted by atomic mass is 9.92. The summed E-state index contributed by atoms with van der Waals surface area (Å²) in [6.45, 7) is 0. The van der Waals surface area contributed by atoms with Crippen LogP contribution in [0.5, 0.6) is 0 Å². The van der Waals surface area contributed by atoms with Crippen LogP contribution in [0.15, 0.2) is 267 Å². The smallest absolute Gasteiger partial charge is 0.0619 e. The van der Waals surface area contributed by atoms with Gasteiger partial charge in [0.25, 0.3) is 0 Å². The van der Waals surface area contributed by atoms with E-state index in [1.54, 1.807) is 0 Å². The average Bonchev–Trinajstić information content (AvgIpc) is 3.76. The van der Waals surface area contributed by atoms with Crippen LogP contribution in [0, 0.1) is 0 Å². The van der Waals surface area contributed by atoms with Gasteiger partial charge in [-0.05, 0) is 127 Å². The summed E-state index contributed by atoms with van der Waals surface area (Å²) in [6, 6.07) is 97.5. The lowest BCUT2D eigenvalue weighted by molar-refractivity contribution is 1.19. The third-order valence-electron chi connectivity index (χ3n) is 13.8. The molecule has 68 heavy (non-hydrogen) atoms. The Morgan fingerprint density at radius 3 is 1.56 bits per heavy atom. The molecule has 2 heteroatoms. The topological polar surface area (TPSA) is 8.17 Å². The van der Waals surface area contributed by atoms with Gasteiger partial charge in [-0.15, -0.1) is 0 Å². The van der Waals surface area contributed by atoms with Crippen LogP contribution >= 0.6 is 0 Å². The molecule has 1 aromatic heterocycles. The minimum Gasteiger partial charge on any atom is -0.310 e. The van der Waals surface area contributed by atoms with Gasteiger partial charge in [-0.25, -0.2) is 0 Å². The first-order valence-corrected chi connectivity index (χ1v) is 23.4. The zero-order valence-electron chi connectivity index (χ0n) is 37.3. The monoisotopic (exact) mass is 864 g/mol. The molecule has 1 heterocycles. The molecule has 2 nitrogen and oxygen atoms in total. The van der Waals surface area contributed by atoms with Crippen molar-refractivity contribution in [1.82, 2.24) is 4.57 Å². The van der Waals surface area contributed by atoms with Gasteiger partial charge in [-0.1, -0.05) is 206 Å². The van der Waals surface area contributed by atoms with E-state index in [-0.39, 0.29) is 0 Å². The van der Waals surface area contributed by atoms with E-state index in [0.717, 1.165) is 33.9 Å². The van der Waals surface area contributed by atoms with Gasteiger partial charge in [0.1, 0.15) is 0 Å². The third-order valence-corrected chi connectivity index (χ3v) is 13.8. The molecule has 0 amide bonds. The Labute approximate surface area is 395 Å². The number of aromatic nitrogens is 1. The molecule has 0 bridgehead atoms. The lowest BCUT2D eigenvalue weighted by Crippen LogP contribution is -2.10. The summed E-state index contributed by atoms with van der Waals surface area (Å²) in [6.07, 6.45) is 0. The number of benzene rings is 12. The summed E-state index contributed by atoms with van der Waals surface area (Å²) in [5, 5.41) is 9.94. The van der Waals surface area contributed by atoms with Gasteiger partial charge in [-0.3, -0.25) is 0 Å². The number of hydrogen-bond acceptors (Lipinski definition) is 1. The van der Waals surface area contributed by atoms with Crippen LogP contribution in [0.4, 0.5) is 17.1 Å².